The molecule has 0 unspecified atom stereocenters. The summed E-state index contributed by atoms with van der Waals surface area (Å²) in [5, 5.41) is -0.270. The summed E-state index contributed by atoms with van der Waals surface area (Å²) in [5.41, 5.74) is 1.17. The van der Waals surface area contributed by atoms with Crippen LogP contribution in [0.4, 0.5) is 4.79 Å². The first-order chi connectivity index (χ1) is 12.1. The van der Waals surface area contributed by atoms with Crippen molar-refractivity contribution in [2.24, 2.45) is 0 Å². The predicted molar refractivity (Wildman–Crippen MR) is 92.9 cm³/mol. The summed E-state index contributed by atoms with van der Waals surface area (Å²) >= 11 is 0.929. The lowest BCUT2D eigenvalue weighted by molar-refractivity contribution is -0.125. The number of nitrogens with zero attached hydrogens (tertiary/aromatic N) is 2. The molecule has 3 rings (SSSR count). The highest BCUT2D eigenvalue weighted by Gasteiger charge is 2.36. The van der Waals surface area contributed by atoms with Crippen LogP contribution in [-0.2, 0) is 14.3 Å². The number of rotatable bonds is 4. The summed E-state index contributed by atoms with van der Waals surface area (Å²) in [5.74, 6) is -0.712. The Labute approximate surface area is 149 Å². The Morgan fingerprint density at radius 3 is 2.56 bits per heavy atom. The van der Waals surface area contributed by atoms with Crippen LogP contribution in [0.2, 0.25) is 0 Å². The van der Waals surface area contributed by atoms with Gasteiger partial charge in [0, 0.05) is 13.1 Å². The van der Waals surface area contributed by atoms with Crippen molar-refractivity contribution in [1.29, 1.82) is 0 Å². The monoisotopic (exact) mass is 362 g/mol. The van der Waals surface area contributed by atoms with Gasteiger partial charge < -0.3 is 9.47 Å². The molecule has 2 fully saturated rings. The zero-order valence-electron chi connectivity index (χ0n) is 13.8. The summed E-state index contributed by atoms with van der Waals surface area (Å²) in [7, 11) is 1.32. The van der Waals surface area contributed by atoms with E-state index in [4.69, 9.17) is 4.74 Å². The van der Waals surface area contributed by atoms with Gasteiger partial charge in [-0.2, -0.15) is 0 Å². The van der Waals surface area contributed by atoms with E-state index in [0.29, 0.717) is 36.8 Å². The van der Waals surface area contributed by atoms with E-state index in [2.05, 4.69) is 4.74 Å². The van der Waals surface area contributed by atoms with E-state index in [0.717, 1.165) is 17.3 Å². The van der Waals surface area contributed by atoms with Crippen LogP contribution in [0, 0.1) is 0 Å². The zero-order valence-corrected chi connectivity index (χ0v) is 14.6. The van der Waals surface area contributed by atoms with Crippen LogP contribution in [0.5, 0.6) is 0 Å². The summed E-state index contributed by atoms with van der Waals surface area (Å²) in [4.78, 5) is 39.7. The highest BCUT2D eigenvalue weighted by molar-refractivity contribution is 8.18. The third kappa shape index (κ3) is 4.09. The molecule has 132 valence electrons. The average molecular weight is 362 g/mol. The van der Waals surface area contributed by atoms with Gasteiger partial charge in [-0.25, -0.2) is 4.79 Å². The second kappa shape index (κ2) is 7.81. The van der Waals surface area contributed by atoms with Crippen LogP contribution in [0.15, 0.2) is 29.2 Å². The first-order valence-corrected chi connectivity index (χ1v) is 8.64. The molecule has 0 aromatic heterocycles. The number of imide groups is 1. The fraction of sp³-hybridized carbons (Fsp3) is 0.353. The molecule has 2 aliphatic rings. The number of benzene rings is 1. The van der Waals surface area contributed by atoms with Gasteiger partial charge in [-0.1, -0.05) is 12.1 Å². The summed E-state index contributed by atoms with van der Waals surface area (Å²) < 4.78 is 9.92. The number of hydrogen-bond acceptors (Lipinski definition) is 7. The molecule has 2 saturated heterocycles. The fourth-order valence-corrected chi connectivity index (χ4v) is 3.38. The second-order valence-electron chi connectivity index (χ2n) is 5.60. The number of amides is 2. The summed E-state index contributed by atoms with van der Waals surface area (Å²) in [6.07, 6.45) is 1.66. The van der Waals surface area contributed by atoms with Crippen molar-refractivity contribution in [3.8, 4) is 0 Å². The van der Waals surface area contributed by atoms with Crippen LogP contribution >= 0.6 is 11.8 Å². The van der Waals surface area contributed by atoms with E-state index >= 15 is 0 Å². The highest BCUT2D eigenvalue weighted by atomic mass is 32.2. The molecule has 7 nitrogen and oxygen atoms in total. The van der Waals surface area contributed by atoms with Crippen molar-refractivity contribution < 1.29 is 23.9 Å². The van der Waals surface area contributed by atoms with E-state index in [9.17, 15) is 14.4 Å². The van der Waals surface area contributed by atoms with Gasteiger partial charge in [0.2, 0.25) is 0 Å². The van der Waals surface area contributed by atoms with E-state index in [-0.39, 0.29) is 17.8 Å². The summed E-state index contributed by atoms with van der Waals surface area (Å²) in [6, 6.07) is 6.66. The molecule has 0 spiro atoms. The largest absolute Gasteiger partial charge is 0.465 e. The van der Waals surface area contributed by atoms with Gasteiger partial charge in [-0.05, 0) is 35.5 Å². The molecule has 1 aromatic carbocycles. The Balaban J connectivity index is 1.70. The predicted octanol–water partition coefficient (Wildman–Crippen LogP) is 1.80. The van der Waals surface area contributed by atoms with Gasteiger partial charge in [0.15, 0.2) is 0 Å². The highest BCUT2D eigenvalue weighted by Crippen LogP contribution is 2.32. The van der Waals surface area contributed by atoms with Crippen molar-refractivity contribution in [2.75, 3.05) is 40.1 Å². The maximum absolute atomic E-state index is 12.5. The summed E-state index contributed by atoms with van der Waals surface area (Å²) in [6.45, 7) is 2.91. The lowest BCUT2D eigenvalue weighted by Crippen LogP contribution is -2.45. The first kappa shape index (κ1) is 17.7. The molecule has 0 radical (unpaired) electrons. The maximum atomic E-state index is 12.5. The third-order valence-corrected chi connectivity index (χ3v) is 4.86. The molecule has 0 bridgehead atoms. The maximum Gasteiger partial charge on any atom is 0.337 e. The lowest BCUT2D eigenvalue weighted by Gasteiger charge is -2.29. The standard InChI is InChI=1S/C17H18N2O5S/c1-23-16(21)13-4-2-12(3-5-13)10-14-15(20)19(17(22)25-14)11-18-6-8-24-9-7-18/h2-5,10H,6-9,11H2,1H3/b14-10+. The number of hydrogen-bond donors (Lipinski definition) is 0. The van der Waals surface area contributed by atoms with Gasteiger partial charge in [0.05, 0.1) is 37.5 Å². The fourth-order valence-electron chi connectivity index (χ4n) is 2.55. The Morgan fingerprint density at radius 1 is 1.24 bits per heavy atom. The minimum absolute atomic E-state index is 0.270. The van der Waals surface area contributed by atoms with Gasteiger partial charge in [0.25, 0.3) is 11.1 Å². The SMILES string of the molecule is COC(=O)c1ccc(/C=C2/SC(=O)N(CN3CCOCC3)C2=O)cc1. The van der Waals surface area contributed by atoms with E-state index in [1.165, 1.54) is 12.0 Å². The molecule has 0 N–H and O–H groups in total. The molecule has 0 atom stereocenters. The third-order valence-electron chi connectivity index (χ3n) is 3.95. The molecule has 2 heterocycles. The van der Waals surface area contributed by atoms with Crippen LogP contribution in [0.25, 0.3) is 6.08 Å². The van der Waals surface area contributed by atoms with Crippen LogP contribution in [0.3, 0.4) is 0 Å². The quantitative estimate of drug-likeness (QED) is 0.597. The Hall–Kier alpha value is -2.16. The van der Waals surface area contributed by atoms with Gasteiger partial charge in [-0.3, -0.25) is 19.4 Å². The van der Waals surface area contributed by atoms with Crippen molar-refractivity contribution in [2.45, 2.75) is 0 Å². The van der Waals surface area contributed by atoms with Crippen LogP contribution in [0.1, 0.15) is 15.9 Å². The number of carbonyl (C=O) groups is 3. The number of ether oxygens (including phenoxy) is 2. The first-order valence-electron chi connectivity index (χ1n) is 7.82. The average Bonchev–Trinajstić information content (AvgIpc) is 2.90. The minimum Gasteiger partial charge on any atom is -0.465 e. The minimum atomic E-state index is -0.419. The van der Waals surface area contributed by atoms with Crippen molar-refractivity contribution in [3.63, 3.8) is 0 Å². The van der Waals surface area contributed by atoms with Gasteiger partial charge in [-0.15, -0.1) is 0 Å². The van der Waals surface area contributed by atoms with Crippen molar-refractivity contribution in [1.82, 2.24) is 9.80 Å². The molecule has 0 saturated carbocycles. The lowest BCUT2D eigenvalue weighted by atomic mass is 10.1. The smallest absolute Gasteiger partial charge is 0.337 e. The second-order valence-corrected chi connectivity index (χ2v) is 6.59. The van der Waals surface area contributed by atoms with Crippen LogP contribution < -0.4 is 0 Å². The molecule has 1 aromatic rings. The Morgan fingerprint density at radius 2 is 1.92 bits per heavy atom. The molecule has 25 heavy (non-hydrogen) atoms. The number of methoxy groups -OCH3 is 1. The van der Waals surface area contributed by atoms with E-state index < -0.39 is 5.97 Å². The van der Waals surface area contributed by atoms with Crippen molar-refractivity contribution >= 4 is 35.0 Å². The van der Waals surface area contributed by atoms with Gasteiger partial charge >= 0.3 is 5.97 Å². The molecular formula is C17H18N2O5S. The normalized spacial score (nSPS) is 20.4. The van der Waals surface area contributed by atoms with Crippen molar-refractivity contribution in [3.05, 3.63) is 40.3 Å². The molecular weight excluding hydrogens is 344 g/mol. The number of thioether (sulfide) groups is 1. The number of morpholine rings is 1. The molecule has 2 aliphatic heterocycles. The molecule has 0 aliphatic carbocycles. The topological polar surface area (TPSA) is 76.2 Å². The Bertz CT molecular complexity index is 710. The van der Waals surface area contributed by atoms with Crippen LogP contribution in [-0.4, -0.2) is 67.0 Å². The molecule has 2 amide bonds. The zero-order chi connectivity index (χ0) is 17.8. The number of carbonyl (C=O) groups excluding carboxylic acids is 3. The molecule has 8 heteroatoms. The van der Waals surface area contributed by atoms with E-state index in [1.54, 1.807) is 30.3 Å². The number of esters is 1. The Kier molecular flexibility index (Phi) is 5.52. The van der Waals surface area contributed by atoms with Gasteiger partial charge in [0.1, 0.15) is 0 Å². The van der Waals surface area contributed by atoms with E-state index in [1.807, 2.05) is 4.90 Å².